The highest BCUT2D eigenvalue weighted by Crippen LogP contribution is 2.26. The van der Waals surface area contributed by atoms with Crippen LogP contribution in [0.15, 0.2) is 109 Å². The van der Waals surface area contributed by atoms with E-state index >= 15 is 0 Å². The molecule has 0 aromatic rings. The van der Waals surface area contributed by atoms with Gasteiger partial charge in [-0.15, -0.1) is 0 Å². The molecule has 6 atom stereocenters. The summed E-state index contributed by atoms with van der Waals surface area (Å²) in [6, 6.07) is 0. The monoisotopic (exact) mass is 1100 g/mol. The molecule has 0 aromatic heterocycles. The first-order chi connectivity index (χ1) is 38.6. The van der Waals surface area contributed by atoms with Crippen LogP contribution in [0.4, 0.5) is 0 Å². The van der Waals surface area contributed by atoms with Crippen molar-refractivity contribution < 1.29 is 58.2 Å². The van der Waals surface area contributed by atoms with Crippen molar-refractivity contribution in [3.8, 4) is 0 Å². The van der Waals surface area contributed by atoms with E-state index in [1.807, 2.05) is 0 Å². The predicted molar refractivity (Wildman–Crippen MR) is 321 cm³/mol. The summed E-state index contributed by atoms with van der Waals surface area (Å²) < 4.78 is 28.4. The van der Waals surface area contributed by atoms with Crippen LogP contribution in [0.1, 0.15) is 239 Å². The zero-order valence-corrected chi connectivity index (χ0v) is 49.3. The Morgan fingerprint density at radius 2 is 0.797 bits per heavy atom. The Bertz CT molecular complexity index is 1790. The molecule has 1 fully saturated rings. The maximum absolute atomic E-state index is 13.2. The van der Waals surface area contributed by atoms with Crippen molar-refractivity contribution in [2.45, 2.75) is 276 Å². The lowest BCUT2D eigenvalue weighted by Gasteiger charge is -2.40. The molecule has 0 amide bonds. The molecule has 0 bridgehead atoms. The third-order valence-electron chi connectivity index (χ3n) is 13.3. The Morgan fingerprint density at radius 1 is 0.430 bits per heavy atom. The molecule has 3 N–H and O–H groups in total. The van der Waals surface area contributed by atoms with Crippen LogP contribution < -0.4 is 0 Å². The highest BCUT2D eigenvalue weighted by Gasteiger charge is 2.50. The lowest BCUT2D eigenvalue weighted by molar-refractivity contribution is -0.301. The standard InChI is InChI=1S/C67H108O12/c1-4-7-10-13-16-19-22-25-28-30-33-35-38-41-44-47-50-53-59(68)75-56-58(77-60(69)54-51-48-45-42-39-36-32-27-24-21-18-15-12-9-6-3)57-76-67-65(63(72)62(71)64(79-67)66(73)74)78-61(70)55-52-49-46-43-40-37-34-31-29-26-23-20-17-14-11-8-5-2/h7,9-10,12,16-21,25-29,32,39,42,58,62-65,67,71-72H,4-6,8,11,13-15,22-24,30-31,33-38,40-41,43-57H2,1-3H3,(H,73,74)/b10-7-,12-9-,19-16-,20-17-,21-18-,28-25-,29-26-,32-27-,42-39-. The molecule has 12 nitrogen and oxygen atoms in total. The van der Waals surface area contributed by atoms with Crippen LogP contribution in [0.3, 0.4) is 0 Å². The van der Waals surface area contributed by atoms with Crippen LogP contribution >= 0.6 is 0 Å². The Balaban J connectivity index is 2.71. The van der Waals surface area contributed by atoms with E-state index in [-0.39, 0.29) is 25.9 Å². The number of aliphatic hydroxyl groups excluding tert-OH is 2. The maximum atomic E-state index is 13.2. The lowest BCUT2D eigenvalue weighted by Crippen LogP contribution is -2.61. The number of aliphatic hydroxyl groups is 2. The highest BCUT2D eigenvalue weighted by molar-refractivity contribution is 5.74. The molecule has 0 radical (unpaired) electrons. The van der Waals surface area contributed by atoms with Crippen molar-refractivity contribution in [2.24, 2.45) is 0 Å². The second kappa shape index (κ2) is 54.0. The zero-order valence-electron chi connectivity index (χ0n) is 49.3. The fourth-order valence-corrected chi connectivity index (χ4v) is 8.64. The summed E-state index contributed by atoms with van der Waals surface area (Å²) >= 11 is 0. The topological polar surface area (TPSA) is 175 Å². The van der Waals surface area contributed by atoms with Gasteiger partial charge in [-0.05, 0) is 122 Å². The van der Waals surface area contributed by atoms with Crippen LogP contribution in [-0.2, 0) is 42.9 Å². The van der Waals surface area contributed by atoms with E-state index in [4.69, 9.17) is 23.7 Å². The van der Waals surface area contributed by atoms with Gasteiger partial charge < -0.3 is 39.0 Å². The van der Waals surface area contributed by atoms with Gasteiger partial charge in [-0.3, -0.25) is 14.4 Å². The quantitative estimate of drug-likeness (QED) is 0.0228. The van der Waals surface area contributed by atoms with Gasteiger partial charge in [0.15, 0.2) is 24.6 Å². The second-order valence-electron chi connectivity index (χ2n) is 20.6. The summed E-state index contributed by atoms with van der Waals surface area (Å²) in [6.45, 7) is 5.70. The van der Waals surface area contributed by atoms with Gasteiger partial charge in [0.25, 0.3) is 0 Å². The van der Waals surface area contributed by atoms with Crippen LogP contribution in [0, 0.1) is 0 Å². The normalized spacial score (nSPS) is 18.6. The van der Waals surface area contributed by atoms with Gasteiger partial charge in [0.05, 0.1) is 6.61 Å². The molecule has 0 spiro atoms. The van der Waals surface area contributed by atoms with Crippen molar-refractivity contribution in [3.63, 3.8) is 0 Å². The SMILES string of the molecule is CC/C=C\C/C=C\C/C=C\C/C=C\CCCCC(=O)OC(COC(=O)CCCCCCCCC/C=C\C/C=C\C/C=C\CC)COC1OC(C(=O)O)C(O)C(O)C1OC(=O)CCCCCCCCC/C=C\C/C=C\CCCCC. The zero-order chi connectivity index (χ0) is 57.5. The minimum absolute atomic E-state index is 0.0406. The number of hydrogen-bond donors (Lipinski definition) is 3. The van der Waals surface area contributed by atoms with Crippen molar-refractivity contribution in [3.05, 3.63) is 109 Å². The van der Waals surface area contributed by atoms with Crippen molar-refractivity contribution in [1.82, 2.24) is 0 Å². The van der Waals surface area contributed by atoms with Crippen molar-refractivity contribution in [2.75, 3.05) is 13.2 Å². The molecule has 12 heteroatoms. The first kappa shape index (κ1) is 72.4. The molecule has 6 unspecified atom stereocenters. The van der Waals surface area contributed by atoms with Crippen LogP contribution in [-0.4, -0.2) is 89.2 Å². The summed E-state index contributed by atoms with van der Waals surface area (Å²) in [5, 5.41) is 31.5. The van der Waals surface area contributed by atoms with E-state index in [2.05, 4.69) is 130 Å². The van der Waals surface area contributed by atoms with Gasteiger partial charge >= 0.3 is 23.9 Å². The summed E-state index contributed by atoms with van der Waals surface area (Å²) in [4.78, 5) is 51.2. The molecular formula is C67H108O12. The molecule has 0 saturated carbocycles. The average molecular weight is 1110 g/mol. The molecule has 1 rings (SSSR count). The van der Waals surface area contributed by atoms with Crippen molar-refractivity contribution >= 4 is 23.9 Å². The number of hydrogen-bond acceptors (Lipinski definition) is 11. The fourth-order valence-electron chi connectivity index (χ4n) is 8.64. The second-order valence-corrected chi connectivity index (χ2v) is 20.6. The smallest absolute Gasteiger partial charge is 0.335 e. The first-order valence-corrected chi connectivity index (χ1v) is 30.9. The van der Waals surface area contributed by atoms with Crippen molar-refractivity contribution in [1.29, 1.82) is 0 Å². The van der Waals surface area contributed by atoms with E-state index in [0.717, 1.165) is 154 Å². The van der Waals surface area contributed by atoms with Crippen LogP contribution in [0.5, 0.6) is 0 Å². The Kier molecular flexibility index (Phi) is 49.5. The van der Waals surface area contributed by atoms with Gasteiger partial charge in [-0.2, -0.15) is 0 Å². The molecule has 1 aliphatic rings. The van der Waals surface area contributed by atoms with E-state index in [1.165, 1.54) is 25.7 Å². The molecule has 1 heterocycles. The van der Waals surface area contributed by atoms with E-state index in [9.17, 15) is 34.5 Å². The lowest BCUT2D eigenvalue weighted by atomic mass is 9.98. The number of rotatable bonds is 51. The summed E-state index contributed by atoms with van der Waals surface area (Å²) in [6.07, 6.45) is 60.5. The minimum Gasteiger partial charge on any atom is -0.479 e. The first-order valence-electron chi connectivity index (χ1n) is 30.9. The number of allylic oxidation sites excluding steroid dienone is 18. The molecule has 1 aliphatic heterocycles. The number of unbranched alkanes of at least 4 members (excludes halogenated alkanes) is 19. The third kappa shape index (κ3) is 43.8. The number of carbonyl (C=O) groups excluding carboxylic acids is 3. The molecule has 79 heavy (non-hydrogen) atoms. The van der Waals surface area contributed by atoms with Crippen LogP contribution in [0.25, 0.3) is 0 Å². The fraction of sp³-hybridized carbons (Fsp3) is 0.672. The van der Waals surface area contributed by atoms with Gasteiger partial charge in [0.1, 0.15) is 18.8 Å². The summed E-state index contributed by atoms with van der Waals surface area (Å²) in [5.74, 6) is -3.21. The predicted octanol–water partition coefficient (Wildman–Crippen LogP) is 16.2. The number of ether oxygens (including phenoxy) is 5. The maximum Gasteiger partial charge on any atom is 0.335 e. The molecule has 0 aliphatic carbocycles. The molecular weight excluding hydrogens is 997 g/mol. The van der Waals surface area contributed by atoms with Crippen LogP contribution in [0.2, 0.25) is 0 Å². The third-order valence-corrected chi connectivity index (χ3v) is 13.3. The number of carboxylic acid groups (broad SMARTS) is 1. The number of esters is 3. The van der Waals surface area contributed by atoms with Gasteiger partial charge in [0, 0.05) is 19.3 Å². The number of carbonyl (C=O) groups is 4. The molecule has 0 aromatic carbocycles. The molecule has 1 saturated heterocycles. The number of aliphatic carboxylic acids is 1. The Morgan fingerprint density at radius 3 is 1.24 bits per heavy atom. The van der Waals surface area contributed by atoms with Gasteiger partial charge in [-0.1, -0.05) is 207 Å². The minimum atomic E-state index is -1.92. The summed E-state index contributed by atoms with van der Waals surface area (Å²) in [5.41, 5.74) is 0. The number of carboxylic acids is 1. The van der Waals surface area contributed by atoms with E-state index in [0.29, 0.717) is 19.3 Å². The Labute approximate surface area is 478 Å². The van der Waals surface area contributed by atoms with E-state index in [1.54, 1.807) is 0 Å². The van der Waals surface area contributed by atoms with Gasteiger partial charge in [-0.25, -0.2) is 4.79 Å². The summed E-state index contributed by atoms with van der Waals surface area (Å²) in [7, 11) is 0. The Hall–Kier alpha value is -4.62. The highest BCUT2D eigenvalue weighted by atomic mass is 16.7. The molecule has 448 valence electrons. The van der Waals surface area contributed by atoms with E-state index < -0.39 is 67.3 Å². The largest absolute Gasteiger partial charge is 0.479 e. The average Bonchev–Trinajstić information content (AvgIpc) is 3.46. The van der Waals surface area contributed by atoms with Gasteiger partial charge in [0.2, 0.25) is 0 Å².